The highest BCUT2D eigenvalue weighted by molar-refractivity contribution is 7.71. The van der Waals surface area contributed by atoms with Crippen LogP contribution in [0.1, 0.15) is 26.6 Å². The fourth-order valence-electron chi connectivity index (χ4n) is 1.31. The number of ketones is 1. The summed E-state index contributed by atoms with van der Waals surface area (Å²) in [5, 5.41) is 0. The number of nitrogens with zero attached hydrogens (tertiary/aromatic N) is 1. The van der Waals surface area contributed by atoms with Gasteiger partial charge in [-0.1, -0.05) is 0 Å². The molecule has 1 aromatic rings. The molecular weight excluding hydrogens is 274 g/mol. The van der Waals surface area contributed by atoms with Crippen LogP contribution in [0.25, 0.3) is 0 Å². The number of rotatable bonds is 4. The number of H-pyrrole nitrogens is 2. The van der Waals surface area contributed by atoms with Gasteiger partial charge in [0, 0.05) is 0 Å². The van der Waals surface area contributed by atoms with Gasteiger partial charge in [-0.2, -0.15) is 0 Å². The van der Waals surface area contributed by atoms with Gasteiger partial charge in [0.05, 0.1) is 6.61 Å². The predicted molar refractivity (Wildman–Crippen MR) is 69.3 cm³/mol. The first-order valence-electron chi connectivity index (χ1n) is 5.21. The zero-order valence-corrected chi connectivity index (χ0v) is 11.8. The van der Waals surface area contributed by atoms with Gasteiger partial charge in [-0.15, -0.1) is 0 Å². The number of hydrogen-bond acceptors (Lipinski definition) is 6. The van der Waals surface area contributed by atoms with Crippen molar-refractivity contribution in [3.8, 4) is 0 Å². The Labute approximate surface area is 114 Å². The summed E-state index contributed by atoms with van der Waals surface area (Å²) in [6.45, 7) is 4.54. The maximum atomic E-state index is 11.9. The molecule has 8 heteroatoms. The molecule has 6 nitrogen and oxygen atoms in total. The van der Waals surface area contributed by atoms with Crippen molar-refractivity contribution in [2.75, 3.05) is 6.61 Å². The minimum absolute atomic E-state index is 0.0854. The molecule has 18 heavy (non-hydrogen) atoms. The molecule has 98 valence electrons. The molecule has 2 N–H and O–H groups in total. The smallest absolute Gasteiger partial charge is 0.327 e. The van der Waals surface area contributed by atoms with E-state index in [0.29, 0.717) is 0 Å². The molecule has 0 fully saturated rings. The molecule has 0 unspecified atom stereocenters. The third kappa shape index (κ3) is 2.70. The van der Waals surface area contributed by atoms with Gasteiger partial charge in [0.25, 0.3) is 0 Å². The number of esters is 1. The number of carbonyl (C=O) groups excluding carboxylic acids is 2. The molecule has 0 saturated carbocycles. The normalized spacial score (nSPS) is 13.7. The Morgan fingerprint density at radius 2 is 2.00 bits per heavy atom. The lowest BCUT2D eigenvalue weighted by Gasteiger charge is -2.22. The molecule has 0 aliphatic rings. The maximum absolute atomic E-state index is 11.9. The Morgan fingerprint density at radius 3 is 2.44 bits per heavy atom. The molecule has 0 amide bonds. The van der Waals surface area contributed by atoms with Crippen LogP contribution >= 0.6 is 24.4 Å². The van der Waals surface area contributed by atoms with Crippen molar-refractivity contribution in [3.63, 3.8) is 0 Å². The van der Waals surface area contributed by atoms with Crippen LogP contribution in [0.4, 0.5) is 0 Å². The minimum Gasteiger partial charge on any atom is -0.465 e. The summed E-state index contributed by atoms with van der Waals surface area (Å²) in [5.74, 6) is -1.00. The van der Waals surface area contributed by atoms with Crippen molar-refractivity contribution in [2.24, 2.45) is 0 Å². The summed E-state index contributed by atoms with van der Waals surface area (Å²) in [7, 11) is 0. The van der Waals surface area contributed by atoms with E-state index >= 15 is 0 Å². The second kappa shape index (κ2) is 5.49. The number of Topliss-reactive ketones (excluding diaryl/α,β-unsaturated/α-hetero) is 1. The van der Waals surface area contributed by atoms with E-state index < -0.39 is 17.2 Å². The molecule has 0 aliphatic carbocycles. The Balaban J connectivity index is 3.45. The van der Waals surface area contributed by atoms with Crippen LogP contribution in [0, 0.1) is 9.54 Å². The zero-order valence-electron chi connectivity index (χ0n) is 10.2. The molecule has 1 aromatic heterocycles. The summed E-state index contributed by atoms with van der Waals surface area (Å²) in [5.41, 5.74) is -1.54. The van der Waals surface area contributed by atoms with Crippen LogP contribution in [-0.2, 0) is 19.7 Å². The van der Waals surface area contributed by atoms with Crippen LogP contribution in [0.2, 0.25) is 0 Å². The van der Waals surface area contributed by atoms with Gasteiger partial charge in [0.15, 0.2) is 16.0 Å². The van der Waals surface area contributed by atoms with Gasteiger partial charge in [0.2, 0.25) is 4.77 Å². The van der Waals surface area contributed by atoms with Crippen molar-refractivity contribution >= 4 is 36.2 Å². The highest BCUT2D eigenvalue weighted by Crippen LogP contribution is 2.23. The molecule has 0 spiro atoms. The van der Waals surface area contributed by atoms with Crippen LogP contribution in [0.15, 0.2) is 0 Å². The Hall–Kier alpha value is -1.41. The van der Waals surface area contributed by atoms with E-state index in [0.717, 1.165) is 0 Å². The van der Waals surface area contributed by atoms with Gasteiger partial charge >= 0.3 is 5.97 Å². The number of nitrogens with one attached hydrogen (secondary N) is 2. The summed E-state index contributed by atoms with van der Waals surface area (Å²) in [6.07, 6.45) is 0. The highest BCUT2D eigenvalue weighted by atomic mass is 32.1. The highest BCUT2D eigenvalue weighted by Gasteiger charge is 2.44. The van der Waals surface area contributed by atoms with E-state index in [4.69, 9.17) is 29.2 Å². The van der Waals surface area contributed by atoms with Gasteiger partial charge in [-0.05, 0) is 45.2 Å². The number of aromatic amines is 2. The van der Waals surface area contributed by atoms with Crippen molar-refractivity contribution in [2.45, 2.75) is 26.2 Å². The molecule has 0 radical (unpaired) electrons. The summed E-state index contributed by atoms with van der Waals surface area (Å²) >= 11 is 9.79. The quantitative estimate of drug-likeness (QED) is 0.497. The van der Waals surface area contributed by atoms with Crippen molar-refractivity contribution in [3.05, 3.63) is 15.4 Å². The fraction of sp³-hybridized carbons (Fsp3) is 0.500. The average Bonchev–Trinajstić information content (AvgIpc) is 2.26. The van der Waals surface area contributed by atoms with Crippen LogP contribution < -0.4 is 0 Å². The summed E-state index contributed by atoms with van der Waals surface area (Å²) < 4.78 is 5.20. The fourth-order valence-corrected chi connectivity index (χ4v) is 1.76. The van der Waals surface area contributed by atoms with E-state index in [1.807, 2.05) is 0 Å². The molecule has 1 heterocycles. The van der Waals surface area contributed by atoms with Crippen LogP contribution in [0.3, 0.4) is 0 Å². The van der Waals surface area contributed by atoms with E-state index in [9.17, 15) is 9.59 Å². The Morgan fingerprint density at radius 1 is 1.39 bits per heavy atom. The molecule has 0 saturated heterocycles. The topological polar surface area (TPSA) is 87.8 Å². The second-order valence-corrected chi connectivity index (χ2v) is 4.54. The second-order valence-electron chi connectivity index (χ2n) is 3.75. The lowest BCUT2D eigenvalue weighted by molar-refractivity contribution is -0.153. The lowest BCUT2D eigenvalue weighted by Crippen LogP contribution is -2.42. The molecule has 1 atom stereocenters. The van der Waals surface area contributed by atoms with Crippen molar-refractivity contribution in [1.29, 1.82) is 0 Å². The molecule has 0 aromatic carbocycles. The first-order chi connectivity index (χ1) is 8.32. The van der Waals surface area contributed by atoms with Crippen molar-refractivity contribution < 1.29 is 14.3 Å². The van der Waals surface area contributed by atoms with Gasteiger partial charge in [-0.3, -0.25) is 9.59 Å². The van der Waals surface area contributed by atoms with Crippen LogP contribution in [0.5, 0.6) is 0 Å². The maximum Gasteiger partial charge on any atom is 0.327 e. The number of ether oxygens (including phenoxy) is 1. The van der Waals surface area contributed by atoms with E-state index in [2.05, 4.69) is 15.0 Å². The first-order valence-corrected chi connectivity index (χ1v) is 6.03. The average molecular weight is 287 g/mol. The standard InChI is InChI=1S/C10H13N3O3S2/c1-4-16-7(15)10(3,5(2)14)6-11-8(17)13-9(18)12-6/h4H2,1-3H3,(H2,11,12,13,17,18)/t10-/m0/s1. The SMILES string of the molecule is CCOC(=O)[C@@](C)(C(C)=O)c1nc(=S)[nH]c(=S)[nH]1. The van der Waals surface area contributed by atoms with E-state index in [1.165, 1.54) is 13.8 Å². The lowest BCUT2D eigenvalue weighted by atomic mass is 9.85. The Kier molecular flexibility index (Phi) is 4.47. The molecule has 1 rings (SSSR count). The summed E-state index contributed by atoms with van der Waals surface area (Å²) in [6, 6.07) is 0. The molecule has 0 bridgehead atoms. The first kappa shape index (κ1) is 14.7. The molecule has 0 aliphatic heterocycles. The molecular formula is C10H13N3O3S2. The van der Waals surface area contributed by atoms with Gasteiger partial charge in [0.1, 0.15) is 5.82 Å². The van der Waals surface area contributed by atoms with Crippen LogP contribution in [-0.4, -0.2) is 33.3 Å². The Bertz CT molecular complexity index is 564. The van der Waals surface area contributed by atoms with Crippen molar-refractivity contribution in [1.82, 2.24) is 15.0 Å². The predicted octanol–water partition coefficient (Wildman–Crippen LogP) is 1.61. The zero-order chi connectivity index (χ0) is 13.9. The van der Waals surface area contributed by atoms with Gasteiger partial charge in [-0.25, -0.2) is 4.98 Å². The third-order valence-electron chi connectivity index (χ3n) is 2.53. The number of aromatic nitrogens is 3. The monoisotopic (exact) mass is 287 g/mol. The van der Waals surface area contributed by atoms with Gasteiger partial charge < -0.3 is 14.7 Å². The number of carbonyl (C=O) groups is 2. The minimum atomic E-state index is -1.54. The largest absolute Gasteiger partial charge is 0.465 e. The van der Waals surface area contributed by atoms with E-state index in [1.54, 1.807) is 6.92 Å². The third-order valence-corrected chi connectivity index (χ3v) is 2.92. The van der Waals surface area contributed by atoms with E-state index in [-0.39, 0.29) is 22.0 Å². The summed E-state index contributed by atoms with van der Waals surface area (Å²) in [4.78, 5) is 32.9. The number of hydrogen-bond donors (Lipinski definition) is 2.